The normalized spacial score (nSPS) is 23.6. The summed E-state index contributed by atoms with van der Waals surface area (Å²) in [4.78, 5) is 35.0. The number of nitrogens with zero attached hydrogens (tertiary/aromatic N) is 2. The van der Waals surface area contributed by atoms with Crippen LogP contribution in [0.25, 0.3) is 0 Å². The van der Waals surface area contributed by atoms with E-state index in [2.05, 4.69) is 0 Å². The van der Waals surface area contributed by atoms with Crippen LogP contribution >= 0.6 is 0 Å². The Morgan fingerprint density at radius 3 is 2.34 bits per heavy atom. The Kier molecular flexibility index (Phi) is 8.55. The number of amides is 1. The molecule has 3 atom stereocenters. The van der Waals surface area contributed by atoms with Crippen LogP contribution in [0.3, 0.4) is 0 Å². The highest BCUT2D eigenvalue weighted by atomic mass is 32.2. The monoisotopic (exact) mass is 438 g/mol. The number of carbonyl (C=O) groups is 3. The molecule has 1 amide bonds. The van der Waals surface area contributed by atoms with Gasteiger partial charge in [-0.05, 0) is 19.2 Å². The lowest BCUT2D eigenvalue weighted by Gasteiger charge is -2.28. The van der Waals surface area contributed by atoms with Gasteiger partial charge >= 0.3 is 29.3 Å². The third kappa shape index (κ3) is 5.64. The summed E-state index contributed by atoms with van der Waals surface area (Å²) in [7, 11) is -6.18. The zero-order valence-corrected chi connectivity index (χ0v) is 16.8. The molecule has 1 rings (SSSR count). The summed E-state index contributed by atoms with van der Waals surface area (Å²) < 4.78 is 27.0. The van der Waals surface area contributed by atoms with Crippen molar-refractivity contribution in [1.29, 1.82) is 0 Å². The molecule has 8 N–H and O–H groups in total. The fraction of sp³-hybridized carbons (Fsp3) is 0.786. The molecule has 0 aromatic carbocycles. The molecule has 29 heavy (non-hydrogen) atoms. The van der Waals surface area contributed by atoms with Gasteiger partial charge < -0.3 is 31.7 Å². The molecule has 0 aromatic heterocycles. The van der Waals surface area contributed by atoms with E-state index in [1.165, 1.54) is 0 Å². The molecule has 0 radical (unpaired) electrons. The number of hydrogen-bond acceptors (Lipinski definition) is 9. The third-order valence-corrected chi connectivity index (χ3v) is 6.66. The first-order valence-corrected chi connectivity index (χ1v) is 10.4. The highest BCUT2D eigenvalue weighted by Crippen LogP contribution is 2.33. The van der Waals surface area contributed by atoms with E-state index in [9.17, 15) is 27.9 Å². The van der Waals surface area contributed by atoms with Crippen LogP contribution in [0.5, 0.6) is 0 Å². The fourth-order valence-corrected chi connectivity index (χ4v) is 4.93. The maximum Gasteiger partial charge on any atom is 0.451 e. The Morgan fingerprint density at radius 1 is 1.31 bits per heavy atom. The first-order chi connectivity index (χ1) is 13.3. The predicted molar refractivity (Wildman–Crippen MR) is 100 cm³/mol. The van der Waals surface area contributed by atoms with Gasteiger partial charge in [-0.15, -0.1) is 0 Å². The molecule has 166 valence electrons. The van der Waals surface area contributed by atoms with Gasteiger partial charge in [0.25, 0.3) is 5.91 Å². The lowest BCUT2D eigenvalue weighted by atomic mass is 9.78. The number of carboxylic acid groups (broad SMARTS) is 2. The smallest absolute Gasteiger partial charge is 0.451 e. The molecule has 0 bridgehead atoms. The first-order valence-electron chi connectivity index (χ1n) is 8.97. The minimum Gasteiger partial charge on any atom is -0.480 e. The summed E-state index contributed by atoms with van der Waals surface area (Å²) in [5.74, 6) is -5.35. The first kappa shape index (κ1) is 25.3. The lowest BCUT2D eigenvalue weighted by Crippen LogP contribution is -2.57. The van der Waals surface area contributed by atoms with Gasteiger partial charge in [0.05, 0.1) is 0 Å². The van der Waals surface area contributed by atoms with Gasteiger partial charge in [0, 0.05) is 25.6 Å². The molecule has 1 fully saturated rings. The summed E-state index contributed by atoms with van der Waals surface area (Å²) in [5, 5.41) is 36.3. The largest absolute Gasteiger partial charge is 0.480 e. The standard InChI is InChI=1S/C14H27BN4O9S/c1-2-6-19(11(20)10(16)12(21)22)29(27,28)18-7-9(4-3-5-15(25)26)14(17,8-18)13(23)24/h9-10,25-26H,2-8,16-17H2,1H3,(H,21,22)(H,23,24)/t9-,10?,14-/m0/s1. The lowest BCUT2D eigenvalue weighted by molar-refractivity contribution is -0.145. The Hall–Kier alpha value is -1.78. The van der Waals surface area contributed by atoms with Gasteiger partial charge in [0.2, 0.25) is 0 Å². The number of aliphatic carboxylic acids is 2. The summed E-state index contributed by atoms with van der Waals surface area (Å²) in [6.45, 7) is 0.263. The van der Waals surface area contributed by atoms with Crippen LogP contribution in [0.2, 0.25) is 6.32 Å². The highest BCUT2D eigenvalue weighted by molar-refractivity contribution is 7.87. The van der Waals surface area contributed by atoms with Crippen molar-refractivity contribution < 1.29 is 43.1 Å². The van der Waals surface area contributed by atoms with Gasteiger partial charge in [0.15, 0.2) is 6.04 Å². The number of hydrogen-bond donors (Lipinski definition) is 6. The van der Waals surface area contributed by atoms with Crippen LogP contribution in [0, 0.1) is 5.92 Å². The van der Waals surface area contributed by atoms with E-state index < -0.39 is 59.2 Å². The summed E-state index contributed by atoms with van der Waals surface area (Å²) >= 11 is 0. The van der Waals surface area contributed by atoms with Gasteiger partial charge in [-0.25, -0.2) is 9.10 Å². The van der Waals surface area contributed by atoms with Crippen molar-refractivity contribution in [3.05, 3.63) is 0 Å². The molecule has 1 aliphatic rings. The van der Waals surface area contributed by atoms with Crippen molar-refractivity contribution in [3.8, 4) is 0 Å². The molecule has 1 heterocycles. The van der Waals surface area contributed by atoms with Crippen LogP contribution in [-0.4, -0.2) is 93.5 Å². The number of carboxylic acids is 2. The second-order valence-electron chi connectivity index (χ2n) is 6.98. The molecule has 1 unspecified atom stereocenters. The van der Waals surface area contributed by atoms with E-state index in [-0.39, 0.29) is 38.7 Å². The van der Waals surface area contributed by atoms with Crippen molar-refractivity contribution >= 4 is 35.2 Å². The maximum absolute atomic E-state index is 13.0. The van der Waals surface area contributed by atoms with Crippen molar-refractivity contribution in [2.24, 2.45) is 17.4 Å². The zero-order chi connectivity index (χ0) is 22.6. The molecular formula is C14H27BN4O9S. The van der Waals surface area contributed by atoms with Gasteiger partial charge in [0.1, 0.15) is 5.54 Å². The van der Waals surface area contributed by atoms with Crippen molar-refractivity contribution in [1.82, 2.24) is 8.61 Å². The second kappa shape index (κ2) is 9.82. The molecule has 1 aliphatic heterocycles. The van der Waals surface area contributed by atoms with Crippen molar-refractivity contribution in [2.45, 2.75) is 44.1 Å². The summed E-state index contributed by atoms with van der Waals surface area (Å²) in [6, 6.07) is -2.09. The van der Waals surface area contributed by atoms with Crippen LogP contribution in [0.15, 0.2) is 0 Å². The van der Waals surface area contributed by atoms with E-state index in [0.29, 0.717) is 4.31 Å². The zero-order valence-electron chi connectivity index (χ0n) is 16.0. The Morgan fingerprint density at radius 2 is 1.90 bits per heavy atom. The number of rotatable bonds is 11. The topological polar surface area (TPSA) is 225 Å². The number of carbonyl (C=O) groups excluding carboxylic acids is 1. The van der Waals surface area contributed by atoms with E-state index in [4.69, 9.17) is 26.6 Å². The third-order valence-electron chi connectivity index (χ3n) is 4.81. The Labute approximate surface area is 168 Å². The van der Waals surface area contributed by atoms with E-state index in [1.54, 1.807) is 6.92 Å². The molecule has 1 saturated heterocycles. The Balaban J connectivity index is 3.16. The van der Waals surface area contributed by atoms with Crippen LogP contribution in [0.1, 0.15) is 26.2 Å². The summed E-state index contributed by atoms with van der Waals surface area (Å²) in [6.07, 6.45) is 0.412. The van der Waals surface area contributed by atoms with E-state index in [0.717, 1.165) is 4.31 Å². The molecule has 13 nitrogen and oxygen atoms in total. The molecule has 0 aromatic rings. The SMILES string of the molecule is CCCN(C(=O)C(N)C(=O)O)S(=O)(=O)N1C[C@H](CCCB(O)O)[C@](N)(C(=O)O)C1. The minimum atomic E-state index is -4.59. The average Bonchev–Trinajstić information content (AvgIpc) is 2.97. The van der Waals surface area contributed by atoms with E-state index >= 15 is 0 Å². The van der Waals surface area contributed by atoms with Gasteiger partial charge in [-0.2, -0.15) is 12.7 Å². The number of nitrogens with two attached hydrogens (primary N) is 2. The Bertz CT molecular complexity index is 735. The maximum atomic E-state index is 13.0. The summed E-state index contributed by atoms with van der Waals surface area (Å²) in [5.41, 5.74) is 9.27. The van der Waals surface area contributed by atoms with E-state index in [1.807, 2.05) is 0 Å². The van der Waals surface area contributed by atoms with Crippen LogP contribution in [0.4, 0.5) is 0 Å². The predicted octanol–water partition coefficient (Wildman–Crippen LogP) is -3.15. The molecule has 0 aliphatic carbocycles. The van der Waals surface area contributed by atoms with Crippen LogP contribution in [-0.2, 0) is 24.6 Å². The van der Waals surface area contributed by atoms with Crippen molar-refractivity contribution in [2.75, 3.05) is 19.6 Å². The molecule has 0 spiro atoms. The van der Waals surface area contributed by atoms with Gasteiger partial charge in [-0.1, -0.05) is 13.3 Å². The average molecular weight is 438 g/mol. The highest BCUT2D eigenvalue weighted by Gasteiger charge is 2.54. The quantitative estimate of drug-likeness (QED) is 0.139. The van der Waals surface area contributed by atoms with Crippen molar-refractivity contribution in [3.63, 3.8) is 0 Å². The minimum absolute atomic E-state index is 0.0488. The fourth-order valence-electron chi connectivity index (χ4n) is 3.15. The van der Waals surface area contributed by atoms with Gasteiger partial charge in [-0.3, -0.25) is 9.59 Å². The molecular weight excluding hydrogens is 411 g/mol. The van der Waals surface area contributed by atoms with Crippen LogP contribution < -0.4 is 11.5 Å². The molecule has 0 saturated carbocycles. The second-order valence-corrected chi connectivity index (χ2v) is 8.83. The molecule has 15 heteroatoms.